The van der Waals surface area contributed by atoms with Gasteiger partial charge in [0.25, 0.3) is 5.91 Å². The number of fused-ring (bicyclic) bond motifs is 1. The third-order valence-corrected chi connectivity index (χ3v) is 6.62. The van der Waals surface area contributed by atoms with Crippen LogP contribution in [0.25, 0.3) is 16.8 Å². The highest BCUT2D eigenvalue weighted by molar-refractivity contribution is 8.18. The molecule has 1 aliphatic rings. The molecule has 7 heteroatoms. The molecule has 0 atom stereocenters. The monoisotopic (exact) mass is 480 g/mol. The Morgan fingerprint density at radius 2 is 1.91 bits per heavy atom. The molecule has 1 amide bonds. The van der Waals surface area contributed by atoms with E-state index in [9.17, 15) is 4.79 Å². The lowest BCUT2D eigenvalue weighted by Crippen LogP contribution is -2.28. The van der Waals surface area contributed by atoms with Crippen LogP contribution in [-0.2, 0) is 11.4 Å². The zero-order valence-electron chi connectivity index (χ0n) is 18.8. The summed E-state index contributed by atoms with van der Waals surface area (Å²) in [5.74, 6) is 0.934. The summed E-state index contributed by atoms with van der Waals surface area (Å²) in [5, 5.41) is 3.44. The molecule has 4 rings (SSSR count). The van der Waals surface area contributed by atoms with Gasteiger partial charge in [-0.15, -0.1) is 0 Å². The summed E-state index contributed by atoms with van der Waals surface area (Å²) in [7, 11) is 1.58. The van der Waals surface area contributed by atoms with Crippen molar-refractivity contribution in [2.45, 2.75) is 20.5 Å². The maximum atomic E-state index is 12.8. The Morgan fingerprint density at radius 1 is 1.12 bits per heavy atom. The molecular formula is C26H25ClN2O3S. The lowest BCUT2D eigenvalue weighted by Gasteiger charge is -2.14. The summed E-state index contributed by atoms with van der Waals surface area (Å²) in [6.07, 6.45) is 1.82. The van der Waals surface area contributed by atoms with Gasteiger partial charge in [0.15, 0.2) is 16.7 Å². The molecule has 0 saturated carbocycles. The fourth-order valence-electron chi connectivity index (χ4n) is 3.72. The topological polar surface area (TPSA) is 51.1 Å². The highest BCUT2D eigenvalue weighted by atomic mass is 35.5. The van der Waals surface area contributed by atoms with Gasteiger partial charge in [-0.3, -0.25) is 14.7 Å². The standard InChI is InChI=1S/C26H25ClN2O3S/c1-4-28-26-29(5-2)25(30)23(33-26)15-17-13-21(27)24(22(14-17)31-3)32-16-19-11-8-10-18-9-6-7-12-20(18)19/h6-15H,4-5,16H2,1-3H3/b23-15+,28-26?. The molecular weight excluding hydrogens is 456 g/mol. The SMILES string of the molecule is CCN=C1S/C(=C/c2cc(Cl)c(OCc3cccc4ccccc34)c(OC)c2)C(=O)N1CC. The number of likely N-dealkylation sites (N-methyl/N-ethyl adjacent to an activating group) is 1. The zero-order chi connectivity index (χ0) is 23.4. The second-order valence-electron chi connectivity index (χ2n) is 7.38. The number of amidine groups is 1. The van der Waals surface area contributed by atoms with Crippen molar-refractivity contribution in [3.63, 3.8) is 0 Å². The van der Waals surface area contributed by atoms with E-state index in [1.807, 2.05) is 50.3 Å². The first-order valence-corrected chi connectivity index (χ1v) is 12.0. The van der Waals surface area contributed by atoms with E-state index < -0.39 is 0 Å². The van der Waals surface area contributed by atoms with E-state index in [-0.39, 0.29) is 5.91 Å². The first-order chi connectivity index (χ1) is 16.0. The molecule has 1 fully saturated rings. The Hall–Kier alpha value is -2.96. The van der Waals surface area contributed by atoms with E-state index in [1.54, 1.807) is 18.1 Å². The first-order valence-electron chi connectivity index (χ1n) is 10.8. The molecule has 0 N–H and O–H groups in total. The van der Waals surface area contributed by atoms with Crippen molar-refractivity contribution in [3.8, 4) is 11.5 Å². The lowest BCUT2D eigenvalue weighted by molar-refractivity contribution is -0.122. The van der Waals surface area contributed by atoms with E-state index >= 15 is 0 Å². The van der Waals surface area contributed by atoms with Crippen molar-refractivity contribution in [3.05, 3.63) is 75.7 Å². The maximum absolute atomic E-state index is 12.8. The van der Waals surface area contributed by atoms with Gasteiger partial charge in [0.2, 0.25) is 0 Å². The molecule has 0 bridgehead atoms. The Labute approximate surface area is 203 Å². The molecule has 170 valence electrons. The van der Waals surface area contributed by atoms with Crippen molar-refractivity contribution >= 4 is 51.3 Å². The quantitative estimate of drug-likeness (QED) is 0.367. The number of thioether (sulfide) groups is 1. The molecule has 33 heavy (non-hydrogen) atoms. The number of rotatable bonds is 7. The van der Waals surface area contributed by atoms with E-state index in [0.717, 1.165) is 27.1 Å². The van der Waals surface area contributed by atoms with Crippen LogP contribution in [0.4, 0.5) is 0 Å². The van der Waals surface area contributed by atoms with Gasteiger partial charge in [0.05, 0.1) is 17.0 Å². The van der Waals surface area contributed by atoms with Crippen LogP contribution in [0, 0.1) is 0 Å². The van der Waals surface area contributed by atoms with Gasteiger partial charge in [-0.2, -0.15) is 0 Å². The lowest BCUT2D eigenvalue weighted by atomic mass is 10.1. The third-order valence-electron chi connectivity index (χ3n) is 5.30. The number of halogens is 1. The summed E-state index contributed by atoms with van der Waals surface area (Å²) in [6, 6.07) is 17.9. The van der Waals surface area contributed by atoms with Crippen molar-refractivity contribution in [2.24, 2.45) is 4.99 Å². The van der Waals surface area contributed by atoms with Crippen LogP contribution in [0.1, 0.15) is 25.0 Å². The number of carbonyl (C=O) groups is 1. The summed E-state index contributed by atoms with van der Waals surface area (Å²) in [4.78, 5) is 19.5. The number of carbonyl (C=O) groups excluding carboxylic acids is 1. The van der Waals surface area contributed by atoms with E-state index in [1.165, 1.54) is 11.8 Å². The molecule has 1 heterocycles. The number of benzene rings is 3. The number of methoxy groups -OCH3 is 1. The number of amides is 1. The van der Waals surface area contributed by atoms with Crippen LogP contribution in [0.2, 0.25) is 5.02 Å². The van der Waals surface area contributed by atoms with Gasteiger partial charge in [-0.1, -0.05) is 54.1 Å². The predicted molar refractivity (Wildman–Crippen MR) is 137 cm³/mol. The minimum Gasteiger partial charge on any atom is -0.493 e. The average Bonchev–Trinajstić information content (AvgIpc) is 3.12. The van der Waals surface area contributed by atoms with Crippen LogP contribution in [0.5, 0.6) is 11.5 Å². The van der Waals surface area contributed by atoms with Crippen LogP contribution in [0.3, 0.4) is 0 Å². The van der Waals surface area contributed by atoms with E-state index in [4.69, 9.17) is 21.1 Å². The van der Waals surface area contributed by atoms with Gasteiger partial charge in [-0.25, -0.2) is 0 Å². The summed E-state index contributed by atoms with van der Waals surface area (Å²) in [5.41, 5.74) is 1.83. The van der Waals surface area contributed by atoms with Crippen molar-refractivity contribution in [2.75, 3.05) is 20.2 Å². The molecule has 0 aliphatic carbocycles. The molecule has 3 aromatic carbocycles. The minimum atomic E-state index is -0.0546. The van der Waals surface area contributed by atoms with Crippen LogP contribution in [-0.4, -0.2) is 36.2 Å². The fourth-order valence-corrected chi connectivity index (χ4v) is 5.10. The van der Waals surface area contributed by atoms with Gasteiger partial charge >= 0.3 is 0 Å². The summed E-state index contributed by atoms with van der Waals surface area (Å²) < 4.78 is 11.7. The Morgan fingerprint density at radius 3 is 2.67 bits per heavy atom. The molecule has 0 spiro atoms. The van der Waals surface area contributed by atoms with Crippen LogP contribution >= 0.6 is 23.4 Å². The number of ether oxygens (including phenoxy) is 2. The summed E-state index contributed by atoms with van der Waals surface area (Å²) in [6.45, 7) is 5.45. The normalized spacial score (nSPS) is 16.2. The molecule has 3 aromatic rings. The second kappa shape index (κ2) is 10.3. The molecule has 0 radical (unpaired) electrons. The van der Waals surface area contributed by atoms with Gasteiger partial charge in [0, 0.05) is 13.1 Å². The number of hydrogen-bond donors (Lipinski definition) is 0. The highest BCUT2D eigenvalue weighted by Gasteiger charge is 2.32. The molecule has 5 nitrogen and oxygen atoms in total. The number of nitrogens with zero attached hydrogens (tertiary/aromatic N) is 2. The third kappa shape index (κ3) is 4.87. The predicted octanol–water partition coefficient (Wildman–Crippen LogP) is 6.39. The number of hydrogen-bond acceptors (Lipinski definition) is 5. The molecule has 1 saturated heterocycles. The fraction of sp³-hybridized carbons (Fsp3) is 0.231. The largest absolute Gasteiger partial charge is 0.493 e. The summed E-state index contributed by atoms with van der Waals surface area (Å²) >= 11 is 7.97. The molecule has 1 aliphatic heterocycles. The highest BCUT2D eigenvalue weighted by Crippen LogP contribution is 2.39. The Balaban J connectivity index is 1.60. The van der Waals surface area contributed by atoms with Crippen molar-refractivity contribution < 1.29 is 14.3 Å². The van der Waals surface area contributed by atoms with Crippen LogP contribution < -0.4 is 9.47 Å². The first kappa shape index (κ1) is 23.2. The van der Waals surface area contributed by atoms with Crippen molar-refractivity contribution in [1.82, 2.24) is 4.90 Å². The molecule has 0 aromatic heterocycles. The van der Waals surface area contributed by atoms with Gasteiger partial charge < -0.3 is 9.47 Å². The average molecular weight is 481 g/mol. The van der Waals surface area contributed by atoms with Crippen LogP contribution in [0.15, 0.2) is 64.5 Å². The van der Waals surface area contributed by atoms with E-state index in [0.29, 0.717) is 41.1 Å². The smallest absolute Gasteiger partial charge is 0.266 e. The Kier molecular flexibility index (Phi) is 7.26. The molecule has 0 unspecified atom stereocenters. The minimum absolute atomic E-state index is 0.0546. The van der Waals surface area contributed by atoms with Gasteiger partial charge in [-0.05, 0) is 65.7 Å². The number of aliphatic imine (C=N–C) groups is 1. The van der Waals surface area contributed by atoms with Gasteiger partial charge in [0.1, 0.15) is 6.61 Å². The van der Waals surface area contributed by atoms with Crippen molar-refractivity contribution in [1.29, 1.82) is 0 Å². The Bertz CT molecular complexity index is 1250. The van der Waals surface area contributed by atoms with E-state index in [2.05, 4.69) is 23.2 Å². The maximum Gasteiger partial charge on any atom is 0.266 e. The second-order valence-corrected chi connectivity index (χ2v) is 8.79. The zero-order valence-corrected chi connectivity index (χ0v) is 20.4.